The van der Waals surface area contributed by atoms with E-state index in [0.29, 0.717) is 22.9 Å². The molecule has 0 unspecified atom stereocenters. The van der Waals surface area contributed by atoms with E-state index in [1.807, 2.05) is 60.9 Å². The maximum Gasteiger partial charge on any atom is 0.237 e. The quantitative estimate of drug-likeness (QED) is 0.205. The standard InChI is InChI=1S/C23H24N2O2S/c1-23(2,3)18-11-9-17(10-12-18)21(26)20(25-13-5-4-6-14-25)22(28)24-16-19-8-7-15-27-19/h4-15,20H,16H2,1-3H3/t20-/m1/s1. The minimum atomic E-state index is -0.674. The zero-order valence-electron chi connectivity index (χ0n) is 16.3. The van der Waals surface area contributed by atoms with Crippen LogP contribution in [-0.2, 0) is 24.6 Å². The van der Waals surface area contributed by atoms with Crippen LogP contribution in [0.1, 0.15) is 48.5 Å². The van der Waals surface area contributed by atoms with Gasteiger partial charge in [0.25, 0.3) is 0 Å². The monoisotopic (exact) mass is 392 g/mol. The third-order valence-electron chi connectivity index (χ3n) is 4.53. The lowest BCUT2D eigenvalue weighted by molar-refractivity contribution is -0.691. The molecule has 3 rings (SSSR count). The molecule has 0 fully saturated rings. The number of aromatic nitrogens is 1. The first-order valence-corrected chi connectivity index (χ1v) is 9.61. The predicted octanol–water partition coefficient (Wildman–Crippen LogP) is 4.43. The average molecular weight is 393 g/mol. The SMILES string of the molecule is CC(C)(C)c1ccc(C(=O)[C@H](C([S-])=NCc2ccco2)[n+]2ccccc2)cc1. The van der Waals surface area contributed by atoms with Gasteiger partial charge in [-0.05, 0) is 28.2 Å². The summed E-state index contributed by atoms with van der Waals surface area (Å²) < 4.78 is 7.11. The number of ketones is 1. The number of Topliss-reactive ketones (excluding diaryl/α,β-unsaturated/α-hetero) is 1. The van der Waals surface area contributed by atoms with Crippen molar-refractivity contribution in [3.8, 4) is 0 Å². The van der Waals surface area contributed by atoms with Crippen molar-refractivity contribution >= 4 is 23.5 Å². The van der Waals surface area contributed by atoms with Gasteiger partial charge in [0, 0.05) is 17.7 Å². The van der Waals surface area contributed by atoms with Crippen LogP contribution in [0.4, 0.5) is 0 Å². The van der Waals surface area contributed by atoms with E-state index >= 15 is 0 Å². The molecule has 28 heavy (non-hydrogen) atoms. The van der Waals surface area contributed by atoms with Crippen LogP contribution in [0.15, 0.2) is 82.7 Å². The van der Waals surface area contributed by atoms with Gasteiger partial charge in [-0.25, -0.2) is 0 Å². The normalized spacial score (nSPS) is 13.3. The molecule has 0 aliphatic carbocycles. The zero-order chi connectivity index (χ0) is 20.1. The van der Waals surface area contributed by atoms with Crippen molar-refractivity contribution in [3.63, 3.8) is 0 Å². The first-order valence-electron chi connectivity index (χ1n) is 9.20. The van der Waals surface area contributed by atoms with E-state index in [1.54, 1.807) is 16.9 Å². The Bertz CT molecular complexity index is 941. The highest BCUT2D eigenvalue weighted by molar-refractivity contribution is 7.77. The topological polar surface area (TPSA) is 46.5 Å². The summed E-state index contributed by atoms with van der Waals surface area (Å²) in [7, 11) is 0. The van der Waals surface area contributed by atoms with Crippen molar-refractivity contribution in [3.05, 3.63) is 90.1 Å². The molecule has 0 amide bonds. The van der Waals surface area contributed by atoms with Crippen LogP contribution in [0.25, 0.3) is 0 Å². The Morgan fingerprint density at radius 3 is 2.32 bits per heavy atom. The molecule has 4 nitrogen and oxygen atoms in total. The molecule has 0 bridgehead atoms. The maximum absolute atomic E-state index is 13.3. The number of nitrogens with zero attached hydrogens (tertiary/aromatic N) is 2. The summed E-state index contributed by atoms with van der Waals surface area (Å²) in [6, 6.07) is 16.4. The van der Waals surface area contributed by atoms with Gasteiger partial charge >= 0.3 is 0 Å². The van der Waals surface area contributed by atoms with E-state index in [4.69, 9.17) is 17.0 Å². The number of aliphatic imine (C=N–C) groups is 1. The van der Waals surface area contributed by atoms with Gasteiger partial charge in [0.15, 0.2) is 12.4 Å². The minimum absolute atomic E-state index is 0.0306. The first kappa shape index (κ1) is 20.0. The van der Waals surface area contributed by atoms with Crippen LogP contribution in [-0.4, -0.2) is 10.8 Å². The van der Waals surface area contributed by atoms with Crippen LogP contribution >= 0.6 is 0 Å². The molecule has 0 aliphatic heterocycles. The molecular formula is C23H24N2O2S. The van der Waals surface area contributed by atoms with E-state index < -0.39 is 6.04 Å². The Kier molecular flexibility index (Phi) is 6.05. The average Bonchev–Trinajstić information content (AvgIpc) is 3.20. The molecule has 0 aliphatic rings. The van der Waals surface area contributed by atoms with Crippen LogP contribution in [0, 0.1) is 0 Å². The molecular weight excluding hydrogens is 368 g/mol. The van der Waals surface area contributed by atoms with Crippen molar-refractivity contribution in [2.75, 3.05) is 0 Å². The number of carbonyl (C=O) groups is 1. The van der Waals surface area contributed by atoms with Crippen LogP contribution in [0.3, 0.4) is 0 Å². The number of hydrogen-bond donors (Lipinski definition) is 0. The van der Waals surface area contributed by atoms with E-state index in [0.717, 1.165) is 0 Å². The Hall–Kier alpha value is -2.79. The van der Waals surface area contributed by atoms with Crippen LogP contribution in [0.2, 0.25) is 0 Å². The third-order valence-corrected chi connectivity index (χ3v) is 4.88. The molecule has 3 aromatic rings. The van der Waals surface area contributed by atoms with E-state index in [9.17, 15) is 4.79 Å². The predicted molar refractivity (Wildman–Crippen MR) is 112 cm³/mol. The molecule has 2 heterocycles. The fourth-order valence-corrected chi connectivity index (χ4v) is 3.19. The molecule has 5 heteroatoms. The summed E-state index contributed by atoms with van der Waals surface area (Å²) in [6.07, 6.45) is 5.26. The fraction of sp³-hybridized carbons (Fsp3) is 0.261. The van der Waals surface area contributed by atoms with Gasteiger partial charge < -0.3 is 22.0 Å². The molecule has 0 spiro atoms. The van der Waals surface area contributed by atoms with Gasteiger partial charge in [0.1, 0.15) is 5.76 Å². The van der Waals surface area contributed by atoms with Gasteiger partial charge in [-0.2, -0.15) is 4.57 Å². The second kappa shape index (κ2) is 8.48. The lowest BCUT2D eigenvalue weighted by Gasteiger charge is -2.21. The summed E-state index contributed by atoms with van der Waals surface area (Å²) in [4.78, 5) is 17.8. The second-order valence-electron chi connectivity index (χ2n) is 7.65. The smallest absolute Gasteiger partial charge is 0.237 e. The van der Waals surface area contributed by atoms with Crippen molar-refractivity contribution in [1.29, 1.82) is 0 Å². The molecule has 0 radical (unpaired) electrons. The Morgan fingerprint density at radius 2 is 1.75 bits per heavy atom. The lowest BCUT2D eigenvalue weighted by atomic mass is 9.86. The van der Waals surface area contributed by atoms with Crippen molar-refractivity contribution in [2.45, 2.75) is 38.8 Å². The summed E-state index contributed by atoms with van der Waals surface area (Å²) >= 11 is 5.54. The van der Waals surface area contributed by atoms with Gasteiger partial charge in [-0.3, -0.25) is 4.79 Å². The van der Waals surface area contributed by atoms with Crippen molar-refractivity contribution < 1.29 is 13.8 Å². The number of furan rings is 1. The van der Waals surface area contributed by atoms with Crippen molar-refractivity contribution in [2.24, 2.45) is 4.99 Å². The highest BCUT2D eigenvalue weighted by Crippen LogP contribution is 2.23. The summed E-state index contributed by atoms with van der Waals surface area (Å²) in [5.74, 6) is 0.631. The Labute approximate surface area is 171 Å². The third kappa shape index (κ3) is 4.73. The highest BCUT2D eigenvalue weighted by Gasteiger charge is 2.28. The first-order chi connectivity index (χ1) is 13.4. The molecule has 1 atom stereocenters. The second-order valence-corrected chi connectivity index (χ2v) is 8.07. The largest absolute Gasteiger partial charge is 0.758 e. The number of benzene rings is 1. The molecule has 144 valence electrons. The summed E-state index contributed by atoms with van der Waals surface area (Å²) in [6.45, 7) is 6.76. The lowest BCUT2D eigenvalue weighted by Crippen LogP contribution is -2.47. The minimum Gasteiger partial charge on any atom is -0.758 e. The van der Waals surface area contributed by atoms with Gasteiger partial charge in [0.05, 0.1) is 12.8 Å². The zero-order valence-corrected chi connectivity index (χ0v) is 17.1. The highest BCUT2D eigenvalue weighted by atomic mass is 32.1. The van der Waals surface area contributed by atoms with E-state index in [-0.39, 0.29) is 11.2 Å². The molecule has 0 N–H and O–H groups in total. The van der Waals surface area contributed by atoms with Crippen LogP contribution < -0.4 is 4.57 Å². The number of carbonyl (C=O) groups excluding carboxylic acids is 1. The van der Waals surface area contributed by atoms with Crippen LogP contribution in [0.5, 0.6) is 0 Å². The molecule has 2 aromatic heterocycles. The number of rotatable bonds is 6. The summed E-state index contributed by atoms with van der Waals surface area (Å²) in [5.41, 5.74) is 1.82. The van der Waals surface area contributed by atoms with Gasteiger partial charge in [-0.1, -0.05) is 51.1 Å². The number of pyridine rings is 1. The van der Waals surface area contributed by atoms with Crippen molar-refractivity contribution in [1.82, 2.24) is 0 Å². The number of hydrogen-bond acceptors (Lipinski definition) is 4. The Morgan fingerprint density at radius 1 is 1.07 bits per heavy atom. The molecule has 0 saturated heterocycles. The summed E-state index contributed by atoms with van der Waals surface area (Å²) in [5, 5.41) is 0.331. The molecule has 0 saturated carbocycles. The maximum atomic E-state index is 13.3. The van der Waals surface area contributed by atoms with E-state index in [2.05, 4.69) is 25.8 Å². The molecule has 1 aromatic carbocycles. The van der Waals surface area contributed by atoms with E-state index in [1.165, 1.54) is 5.56 Å². The fourth-order valence-electron chi connectivity index (χ4n) is 2.90. The van der Waals surface area contributed by atoms with Gasteiger partial charge in [0.2, 0.25) is 11.8 Å². The Balaban J connectivity index is 1.92. The van der Waals surface area contributed by atoms with Gasteiger partial charge in [-0.15, -0.1) is 0 Å².